The van der Waals surface area contributed by atoms with E-state index >= 15 is 0 Å². The molecule has 1 aliphatic rings. The molecule has 2 heterocycles. The third-order valence-electron chi connectivity index (χ3n) is 5.21. The van der Waals surface area contributed by atoms with Gasteiger partial charge in [0.05, 0.1) is 17.6 Å². The molecule has 1 fully saturated rings. The molecule has 0 aliphatic carbocycles. The lowest BCUT2D eigenvalue weighted by atomic mass is 9.89. The van der Waals surface area contributed by atoms with Gasteiger partial charge in [0.15, 0.2) is 17.1 Å². The Balaban J connectivity index is 2.05. The van der Waals surface area contributed by atoms with Crippen LogP contribution in [0.25, 0.3) is 21.9 Å². The first-order valence-corrected chi connectivity index (χ1v) is 8.83. The lowest BCUT2D eigenvalue weighted by Gasteiger charge is -2.40. The maximum Gasteiger partial charge on any atom is 0.204 e. The molecular weight excluding hydrogens is 404 g/mol. The van der Waals surface area contributed by atoms with Crippen molar-refractivity contribution in [3.8, 4) is 23.0 Å². The number of aliphatic hydroxyl groups is 4. The number of phenols is 4. The van der Waals surface area contributed by atoms with Gasteiger partial charge in [-0.15, -0.1) is 0 Å². The van der Waals surface area contributed by atoms with Crippen LogP contribution in [0, 0.1) is 0 Å². The fraction of sp³-hybridized carbons (Fsp3) is 0.316. The molecule has 0 bridgehead atoms. The zero-order chi connectivity index (χ0) is 21.9. The molecule has 0 unspecified atom stereocenters. The SMILES string of the molecule is O=c1c2cc(O)c(O)cc2oc2c([C@@H]3O[C@H](CO)[C@H](O)[C@@H](O)[C@@H]3O)c(O)cc(O)c12. The van der Waals surface area contributed by atoms with Gasteiger partial charge in [-0.3, -0.25) is 4.79 Å². The van der Waals surface area contributed by atoms with E-state index in [1.54, 1.807) is 0 Å². The lowest BCUT2D eigenvalue weighted by Crippen LogP contribution is -2.55. The topological polar surface area (TPSA) is 201 Å². The first-order chi connectivity index (χ1) is 14.1. The van der Waals surface area contributed by atoms with Gasteiger partial charge in [-0.2, -0.15) is 0 Å². The van der Waals surface area contributed by atoms with Gasteiger partial charge in [-0.25, -0.2) is 0 Å². The highest BCUT2D eigenvalue weighted by Gasteiger charge is 2.46. The highest BCUT2D eigenvalue weighted by molar-refractivity contribution is 5.96. The Hall–Kier alpha value is -3.09. The minimum absolute atomic E-state index is 0.182. The molecule has 11 heteroatoms. The molecule has 30 heavy (non-hydrogen) atoms. The monoisotopic (exact) mass is 422 g/mol. The Bertz CT molecular complexity index is 1200. The summed E-state index contributed by atoms with van der Waals surface area (Å²) in [7, 11) is 0. The summed E-state index contributed by atoms with van der Waals surface area (Å²) < 4.78 is 11.0. The van der Waals surface area contributed by atoms with Crippen LogP contribution in [0.5, 0.6) is 23.0 Å². The summed E-state index contributed by atoms with van der Waals surface area (Å²) in [5.74, 6) is -2.51. The number of benzene rings is 2. The van der Waals surface area contributed by atoms with Crippen LogP contribution in [0.4, 0.5) is 0 Å². The molecule has 5 atom stereocenters. The van der Waals surface area contributed by atoms with E-state index in [9.17, 15) is 45.6 Å². The zero-order valence-electron chi connectivity index (χ0n) is 15.1. The molecule has 0 saturated carbocycles. The number of rotatable bonds is 2. The van der Waals surface area contributed by atoms with E-state index in [1.807, 2.05) is 0 Å². The van der Waals surface area contributed by atoms with Crippen LogP contribution in [0.15, 0.2) is 27.4 Å². The summed E-state index contributed by atoms with van der Waals surface area (Å²) in [5, 5.41) is 79.3. The number of ether oxygens (including phenoxy) is 1. The van der Waals surface area contributed by atoms with Crippen LogP contribution in [-0.4, -0.2) is 71.9 Å². The molecule has 1 aromatic heterocycles. The van der Waals surface area contributed by atoms with E-state index in [4.69, 9.17) is 9.15 Å². The van der Waals surface area contributed by atoms with Crippen molar-refractivity contribution in [2.75, 3.05) is 6.61 Å². The molecule has 11 nitrogen and oxygen atoms in total. The zero-order valence-corrected chi connectivity index (χ0v) is 15.1. The maximum atomic E-state index is 12.9. The number of hydrogen-bond acceptors (Lipinski definition) is 11. The smallest absolute Gasteiger partial charge is 0.204 e. The second-order valence-electron chi connectivity index (χ2n) is 7.05. The number of phenolic OH excluding ortho intramolecular Hbond substituents is 4. The Kier molecular flexibility index (Phi) is 4.71. The Labute approximate surface area is 166 Å². The van der Waals surface area contributed by atoms with Crippen molar-refractivity contribution in [2.24, 2.45) is 0 Å². The molecule has 160 valence electrons. The lowest BCUT2D eigenvalue weighted by molar-refractivity contribution is -0.231. The Morgan fingerprint density at radius 3 is 2.17 bits per heavy atom. The number of fused-ring (bicyclic) bond motifs is 2. The van der Waals surface area contributed by atoms with Crippen molar-refractivity contribution in [3.05, 3.63) is 34.0 Å². The number of aromatic hydroxyl groups is 4. The second kappa shape index (κ2) is 7.00. The van der Waals surface area contributed by atoms with Crippen molar-refractivity contribution >= 4 is 21.9 Å². The fourth-order valence-electron chi connectivity index (χ4n) is 3.65. The molecule has 1 saturated heterocycles. The van der Waals surface area contributed by atoms with Gasteiger partial charge in [0.1, 0.15) is 53.0 Å². The van der Waals surface area contributed by atoms with Crippen LogP contribution in [0.2, 0.25) is 0 Å². The van der Waals surface area contributed by atoms with E-state index in [1.165, 1.54) is 0 Å². The summed E-state index contributed by atoms with van der Waals surface area (Å²) in [6, 6.07) is 2.70. The van der Waals surface area contributed by atoms with Gasteiger partial charge < -0.3 is 50.0 Å². The van der Waals surface area contributed by atoms with E-state index in [-0.39, 0.29) is 16.5 Å². The average molecular weight is 422 g/mol. The molecule has 3 aromatic rings. The number of aliphatic hydroxyl groups excluding tert-OH is 4. The van der Waals surface area contributed by atoms with Crippen LogP contribution < -0.4 is 5.43 Å². The largest absolute Gasteiger partial charge is 0.507 e. The molecular formula is C19H18O11. The van der Waals surface area contributed by atoms with E-state index in [2.05, 4.69) is 0 Å². The minimum atomic E-state index is -1.80. The van der Waals surface area contributed by atoms with Crippen molar-refractivity contribution in [3.63, 3.8) is 0 Å². The average Bonchev–Trinajstić information content (AvgIpc) is 2.69. The van der Waals surface area contributed by atoms with Gasteiger partial charge in [0.2, 0.25) is 5.43 Å². The summed E-state index contributed by atoms with van der Waals surface area (Å²) >= 11 is 0. The van der Waals surface area contributed by atoms with Crippen molar-refractivity contribution in [1.82, 2.24) is 0 Å². The van der Waals surface area contributed by atoms with Gasteiger partial charge in [0, 0.05) is 12.1 Å². The van der Waals surface area contributed by atoms with Gasteiger partial charge >= 0.3 is 0 Å². The Morgan fingerprint density at radius 1 is 0.833 bits per heavy atom. The van der Waals surface area contributed by atoms with Crippen LogP contribution in [-0.2, 0) is 4.74 Å². The quantitative estimate of drug-likeness (QED) is 0.191. The molecule has 0 spiro atoms. The van der Waals surface area contributed by atoms with E-state index in [0.717, 1.165) is 18.2 Å². The van der Waals surface area contributed by atoms with E-state index in [0.29, 0.717) is 0 Å². The second-order valence-corrected chi connectivity index (χ2v) is 7.05. The normalized spacial score (nSPS) is 27.0. The molecule has 0 amide bonds. The third-order valence-corrected chi connectivity index (χ3v) is 5.21. The minimum Gasteiger partial charge on any atom is -0.507 e. The molecule has 2 aromatic carbocycles. The highest BCUT2D eigenvalue weighted by Crippen LogP contribution is 2.44. The van der Waals surface area contributed by atoms with E-state index < -0.39 is 76.5 Å². The highest BCUT2D eigenvalue weighted by atomic mass is 16.5. The predicted molar refractivity (Wildman–Crippen MR) is 99.4 cm³/mol. The molecule has 8 N–H and O–H groups in total. The maximum absolute atomic E-state index is 12.9. The van der Waals surface area contributed by atoms with Crippen LogP contribution >= 0.6 is 0 Å². The van der Waals surface area contributed by atoms with Gasteiger partial charge in [-0.1, -0.05) is 0 Å². The first-order valence-electron chi connectivity index (χ1n) is 8.83. The van der Waals surface area contributed by atoms with Crippen molar-refractivity contribution in [2.45, 2.75) is 30.5 Å². The third kappa shape index (κ3) is 2.83. The fourth-order valence-corrected chi connectivity index (χ4v) is 3.65. The van der Waals surface area contributed by atoms with Gasteiger partial charge in [-0.05, 0) is 6.07 Å². The molecule has 4 rings (SSSR count). The van der Waals surface area contributed by atoms with Crippen molar-refractivity contribution in [1.29, 1.82) is 0 Å². The Morgan fingerprint density at radius 2 is 1.50 bits per heavy atom. The summed E-state index contributed by atoms with van der Waals surface area (Å²) in [5.41, 5.74) is -1.77. The standard InChI is InChI=1S/C19H18O11/c20-4-11-15(26)16(27)17(28)19(30-11)13-9(24)2-8(23)12-14(25)5-1-6(21)7(22)3-10(5)29-18(12)13/h1-3,11,15-17,19-24,26-28H,4H2/t11-,15+,16-,17+,19+/m1/s1. The predicted octanol–water partition coefficient (Wildman–Crippen LogP) is -0.717. The summed E-state index contributed by atoms with van der Waals surface area (Å²) in [6.07, 6.45) is -8.08. The van der Waals surface area contributed by atoms with Crippen LogP contribution in [0.1, 0.15) is 11.7 Å². The molecule has 0 radical (unpaired) electrons. The first kappa shape index (κ1) is 20.2. The van der Waals surface area contributed by atoms with Crippen molar-refractivity contribution < 1.29 is 50.0 Å². The summed E-state index contributed by atoms with van der Waals surface area (Å²) in [4.78, 5) is 12.9. The number of hydrogen-bond donors (Lipinski definition) is 8. The van der Waals surface area contributed by atoms with Gasteiger partial charge in [0.25, 0.3) is 0 Å². The summed E-state index contributed by atoms with van der Waals surface area (Å²) in [6.45, 7) is -0.724. The molecule has 1 aliphatic heterocycles. The van der Waals surface area contributed by atoms with Crippen LogP contribution in [0.3, 0.4) is 0 Å².